The lowest BCUT2D eigenvalue weighted by Gasteiger charge is -2.29. The molecular weight excluding hydrogens is 290 g/mol. The van der Waals surface area contributed by atoms with Crippen LogP contribution in [0, 0.1) is 0 Å². The quantitative estimate of drug-likeness (QED) is 0.915. The van der Waals surface area contributed by atoms with Crippen molar-refractivity contribution in [2.24, 2.45) is 0 Å². The summed E-state index contributed by atoms with van der Waals surface area (Å²) in [5.41, 5.74) is 1.47. The normalized spacial score (nSPS) is 16.9. The second kappa shape index (κ2) is 7.37. The second-order valence-corrected chi connectivity index (χ2v) is 6.13. The van der Waals surface area contributed by atoms with Crippen molar-refractivity contribution in [2.45, 2.75) is 32.2 Å². The van der Waals surface area contributed by atoms with Crippen LogP contribution in [-0.4, -0.2) is 51.2 Å². The maximum Gasteiger partial charge on any atom is 0.251 e. The topological polar surface area (TPSA) is 63.1 Å². The molecule has 122 valence electrons. The lowest BCUT2D eigenvalue weighted by atomic mass is 10.1. The number of piperidine rings is 1. The van der Waals surface area contributed by atoms with Gasteiger partial charge in [0.25, 0.3) is 5.91 Å². The Morgan fingerprint density at radius 1 is 1.30 bits per heavy atom. The molecule has 1 atom stereocenters. The van der Waals surface area contributed by atoms with Crippen LogP contribution in [0.5, 0.6) is 0 Å². The third-order valence-electron chi connectivity index (χ3n) is 4.15. The minimum absolute atomic E-state index is 0.0449. The molecule has 6 heteroatoms. The van der Waals surface area contributed by atoms with Crippen molar-refractivity contribution in [1.29, 1.82) is 0 Å². The van der Waals surface area contributed by atoms with E-state index in [1.807, 2.05) is 24.3 Å². The second-order valence-electron chi connectivity index (χ2n) is 6.13. The van der Waals surface area contributed by atoms with Gasteiger partial charge in [-0.05, 0) is 51.1 Å². The third-order valence-corrected chi connectivity index (χ3v) is 4.15. The molecule has 2 heterocycles. The Bertz CT molecular complexity index is 634. The number of nitrogens with zero attached hydrogens (tertiary/aromatic N) is 4. The lowest BCUT2D eigenvalue weighted by molar-refractivity contribution is 0.0925. The fourth-order valence-electron chi connectivity index (χ4n) is 3.01. The largest absolute Gasteiger partial charge is 0.348 e. The number of aromatic nitrogens is 3. The van der Waals surface area contributed by atoms with Crippen LogP contribution in [0.4, 0.5) is 0 Å². The molecule has 0 saturated carbocycles. The van der Waals surface area contributed by atoms with Crippen LogP contribution >= 0.6 is 0 Å². The van der Waals surface area contributed by atoms with Crippen LogP contribution in [0.1, 0.15) is 36.5 Å². The average molecular weight is 313 g/mol. The molecule has 6 nitrogen and oxygen atoms in total. The molecule has 1 aromatic heterocycles. The summed E-state index contributed by atoms with van der Waals surface area (Å²) in [6.07, 6.45) is 6.96. The standard InChI is InChI=1S/C17H23N5O/c1-14(11-21-8-3-2-4-9-21)20-17(23)15-6-5-7-16(10-15)22-13-18-12-19-22/h5-7,10,12-14H,2-4,8-9,11H2,1H3,(H,20,23)/t14-/m1/s1. The molecule has 0 unspecified atom stereocenters. The first kappa shape index (κ1) is 15.7. The van der Waals surface area contributed by atoms with Crippen molar-refractivity contribution in [3.8, 4) is 5.69 Å². The van der Waals surface area contributed by atoms with Crippen LogP contribution in [0.15, 0.2) is 36.9 Å². The molecular formula is C17H23N5O. The van der Waals surface area contributed by atoms with Crippen molar-refractivity contribution in [1.82, 2.24) is 25.0 Å². The highest BCUT2D eigenvalue weighted by molar-refractivity contribution is 5.94. The lowest BCUT2D eigenvalue weighted by Crippen LogP contribution is -2.43. The van der Waals surface area contributed by atoms with E-state index >= 15 is 0 Å². The molecule has 3 rings (SSSR count). The number of likely N-dealkylation sites (tertiary alicyclic amines) is 1. The average Bonchev–Trinajstić information content (AvgIpc) is 3.10. The molecule has 1 aromatic carbocycles. The van der Waals surface area contributed by atoms with Crippen LogP contribution in [-0.2, 0) is 0 Å². The summed E-state index contributed by atoms with van der Waals surface area (Å²) in [5.74, 6) is -0.0449. The van der Waals surface area contributed by atoms with Gasteiger partial charge in [0.2, 0.25) is 0 Å². The Morgan fingerprint density at radius 3 is 2.87 bits per heavy atom. The van der Waals surface area contributed by atoms with Crippen molar-refractivity contribution >= 4 is 5.91 Å². The molecule has 23 heavy (non-hydrogen) atoms. The number of hydrogen-bond donors (Lipinski definition) is 1. The summed E-state index contributed by atoms with van der Waals surface area (Å²) in [6.45, 7) is 5.26. The van der Waals surface area contributed by atoms with Gasteiger partial charge in [-0.25, -0.2) is 9.67 Å². The summed E-state index contributed by atoms with van der Waals surface area (Å²) in [4.78, 5) is 18.8. The van der Waals surface area contributed by atoms with E-state index in [0.717, 1.165) is 25.3 Å². The van der Waals surface area contributed by atoms with E-state index in [1.165, 1.54) is 25.6 Å². The van der Waals surface area contributed by atoms with Gasteiger partial charge in [-0.15, -0.1) is 0 Å². The minimum atomic E-state index is -0.0449. The molecule has 0 aliphatic carbocycles. The van der Waals surface area contributed by atoms with Gasteiger partial charge in [0, 0.05) is 18.2 Å². The number of nitrogens with one attached hydrogen (secondary N) is 1. The number of hydrogen-bond acceptors (Lipinski definition) is 4. The molecule has 2 aromatic rings. The third kappa shape index (κ3) is 4.16. The molecule has 0 radical (unpaired) electrons. The van der Waals surface area contributed by atoms with E-state index in [2.05, 4.69) is 27.2 Å². The Morgan fingerprint density at radius 2 is 2.13 bits per heavy atom. The predicted molar refractivity (Wildman–Crippen MR) is 88.6 cm³/mol. The Balaban J connectivity index is 1.60. The van der Waals surface area contributed by atoms with Gasteiger partial charge in [0.1, 0.15) is 12.7 Å². The fourth-order valence-corrected chi connectivity index (χ4v) is 3.01. The van der Waals surface area contributed by atoms with Crippen molar-refractivity contribution in [2.75, 3.05) is 19.6 Å². The van der Waals surface area contributed by atoms with Crippen molar-refractivity contribution in [3.63, 3.8) is 0 Å². The zero-order valence-corrected chi connectivity index (χ0v) is 13.5. The van der Waals surface area contributed by atoms with E-state index in [4.69, 9.17) is 0 Å². The highest BCUT2D eigenvalue weighted by Gasteiger charge is 2.16. The number of benzene rings is 1. The maximum absolute atomic E-state index is 12.4. The van der Waals surface area contributed by atoms with Crippen LogP contribution in [0.3, 0.4) is 0 Å². The number of rotatable bonds is 5. The van der Waals surface area contributed by atoms with Gasteiger partial charge in [-0.1, -0.05) is 12.5 Å². The predicted octanol–water partition coefficient (Wildman–Crippen LogP) is 1.87. The number of carbonyl (C=O) groups excluding carboxylic acids is 1. The van der Waals surface area contributed by atoms with Crippen LogP contribution < -0.4 is 5.32 Å². The molecule has 0 bridgehead atoms. The Labute approximate surface area is 136 Å². The Kier molecular flexibility index (Phi) is 5.02. The number of carbonyl (C=O) groups is 1. The molecule has 1 fully saturated rings. The first-order chi connectivity index (χ1) is 11.2. The smallest absolute Gasteiger partial charge is 0.251 e. The van der Waals surface area contributed by atoms with Gasteiger partial charge in [0.15, 0.2) is 0 Å². The minimum Gasteiger partial charge on any atom is -0.348 e. The fraction of sp³-hybridized carbons (Fsp3) is 0.471. The molecule has 1 aliphatic rings. The SMILES string of the molecule is C[C@H](CN1CCCCC1)NC(=O)c1cccc(-n2cncn2)c1. The summed E-state index contributed by atoms with van der Waals surface area (Å²) in [5, 5.41) is 7.18. The Hall–Kier alpha value is -2.21. The van der Waals surface area contributed by atoms with Gasteiger partial charge in [0.05, 0.1) is 5.69 Å². The summed E-state index contributed by atoms with van der Waals surface area (Å²) >= 11 is 0. The molecule has 1 N–H and O–H groups in total. The van der Waals surface area contributed by atoms with Gasteiger partial charge in [-0.3, -0.25) is 4.79 Å². The van der Waals surface area contributed by atoms with E-state index in [9.17, 15) is 4.79 Å². The van der Waals surface area contributed by atoms with Gasteiger partial charge in [-0.2, -0.15) is 5.10 Å². The molecule has 0 spiro atoms. The van der Waals surface area contributed by atoms with Crippen molar-refractivity contribution in [3.05, 3.63) is 42.5 Å². The van der Waals surface area contributed by atoms with E-state index in [-0.39, 0.29) is 11.9 Å². The van der Waals surface area contributed by atoms with Crippen LogP contribution in [0.25, 0.3) is 5.69 Å². The maximum atomic E-state index is 12.4. The molecule has 1 aliphatic heterocycles. The summed E-state index contributed by atoms with van der Waals surface area (Å²) < 4.78 is 1.65. The molecule has 1 amide bonds. The van der Waals surface area contributed by atoms with Gasteiger partial charge < -0.3 is 10.2 Å². The van der Waals surface area contributed by atoms with Gasteiger partial charge >= 0.3 is 0 Å². The summed E-state index contributed by atoms with van der Waals surface area (Å²) in [7, 11) is 0. The highest BCUT2D eigenvalue weighted by Crippen LogP contribution is 2.11. The first-order valence-electron chi connectivity index (χ1n) is 8.20. The monoisotopic (exact) mass is 313 g/mol. The van der Waals surface area contributed by atoms with E-state index < -0.39 is 0 Å². The van der Waals surface area contributed by atoms with E-state index in [0.29, 0.717) is 5.56 Å². The first-order valence-corrected chi connectivity index (χ1v) is 8.20. The van der Waals surface area contributed by atoms with Crippen molar-refractivity contribution < 1.29 is 4.79 Å². The summed E-state index contributed by atoms with van der Waals surface area (Å²) in [6, 6.07) is 7.56. The molecule has 1 saturated heterocycles. The zero-order valence-electron chi connectivity index (χ0n) is 13.5. The highest BCUT2D eigenvalue weighted by atomic mass is 16.1. The van der Waals surface area contributed by atoms with E-state index in [1.54, 1.807) is 11.0 Å². The van der Waals surface area contributed by atoms with Crippen LogP contribution in [0.2, 0.25) is 0 Å². The zero-order chi connectivity index (χ0) is 16.1. The number of amides is 1.